The number of nitrogens with zero attached hydrogens (tertiary/aromatic N) is 3. The first kappa shape index (κ1) is 17.4. The van der Waals surface area contributed by atoms with Gasteiger partial charge in [0.25, 0.3) is 16.0 Å². The normalized spacial score (nSPS) is 11.5. The van der Waals surface area contributed by atoms with Crippen LogP contribution in [0.15, 0.2) is 53.7 Å². The molecular weight excluding hydrogens is 360 g/mol. The molecule has 8 heteroatoms. The summed E-state index contributed by atoms with van der Waals surface area (Å²) in [6, 6.07) is 12.6. The lowest BCUT2D eigenvalue weighted by atomic mass is 10.2. The Morgan fingerprint density at radius 1 is 1.12 bits per heavy atom. The maximum Gasteiger partial charge on any atom is 0.264 e. The number of rotatable bonds is 5. The highest BCUT2D eigenvalue weighted by Gasteiger charge is 2.19. The van der Waals surface area contributed by atoms with Crippen LogP contribution in [0.1, 0.15) is 16.7 Å². The lowest BCUT2D eigenvalue weighted by molar-refractivity contribution is 0.600. The van der Waals surface area contributed by atoms with E-state index < -0.39 is 10.0 Å². The van der Waals surface area contributed by atoms with E-state index in [1.807, 2.05) is 25.1 Å². The molecule has 0 amide bonds. The Hall–Kier alpha value is -2.38. The second-order valence-electron chi connectivity index (χ2n) is 5.77. The summed E-state index contributed by atoms with van der Waals surface area (Å²) in [5.41, 5.74) is 2.52. The summed E-state index contributed by atoms with van der Waals surface area (Å²) in [5, 5.41) is 4.83. The molecule has 0 saturated carbocycles. The van der Waals surface area contributed by atoms with Crippen molar-refractivity contribution in [1.29, 1.82) is 0 Å². The third kappa shape index (κ3) is 4.18. The van der Waals surface area contributed by atoms with Gasteiger partial charge in [0.15, 0.2) is 0 Å². The van der Waals surface area contributed by atoms with Crippen LogP contribution < -0.4 is 4.72 Å². The molecule has 3 aromatic rings. The van der Waals surface area contributed by atoms with Gasteiger partial charge in [0.05, 0.1) is 11.4 Å². The van der Waals surface area contributed by atoms with Crippen molar-refractivity contribution in [3.63, 3.8) is 0 Å². The van der Waals surface area contributed by atoms with Gasteiger partial charge in [-0.3, -0.25) is 0 Å². The Kier molecular flexibility index (Phi) is 4.78. The summed E-state index contributed by atoms with van der Waals surface area (Å²) in [7, 11) is -3.74. The smallest absolute Gasteiger partial charge is 0.246 e. The van der Waals surface area contributed by atoms with E-state index >= 15 is 0 Å². The van der Waals surface area contributed by atoms with E-state index in [1.54, 1.807) is 35.9 Å². The molecule has 3 rings (SSSR count). The summed E-state index contributed by atoms with van der Waals surface area (Å²) < 4.78 is 29.1. The van der Waals surface area contributed by atoms with E-state index in [9.17, 15) is 8.42 Å². The van der Waals surface area contributed by atoms with E-state index in [2.05, 4.69) is 14.8 Å². The number of aryl methyl sites for hydroxylation is 2. The number of hydrogen-bond acceptors (Lipinski definition) is 4. The van der Waals surface area contributed by atoms with Crippen molar-refractivity contribution < 1.29 is 8.42 Å². The molecule has 0 aliphatic rings. The minimum atomic E-state index is -3.74. The number of aromatic nitrogens is 3. The number of halogens is 1. The number of benzene rings is 2. The van der Waals surface area contributed by atoms with Crippen LogP contribution in [0.2, 0.25) is 5.02 Å². The Balaban J connectivity index is 1.78. The largest absolute Gasteiger partial charge is 0.264 e. The Labute approximate surface area is 151 Å². The maximum absolute atomic E-state index is 12.6. The summed E-state index contributed by atoms with van der Waals surface area (Å²) in [4.78, 5) is 4.25. The number of nitrogens with one attached hydrogen (secondary N) is 1. The van der Waals surface area contributed by atoms with Crippen molar-refractivity contribution in [2.45, 2.75) is 25.3 Å². The van der Waals surface area contributed by atoms with Gasteiger partial charge >= 0.3 is 0 Å². The van der Waals surface area contributed by atoms with Crippen LogP contribution >= 0.6 is 11.6 Å². The van der Waals surface area contributed by atoms with Crippen LogP contribution in [0.25, 0.3) is 0 Å². The molecule has 25 heavy (non-hydrogen) atoms. The van der Waals surface area contributed by atoms with Crippen LogP contribution in [0.5, 0.6) is 0 Å². The molecule has 0 spiro atoms. The van der Waals surface area contributed by atoms with E-state index in [0.717, 1.165) is 11.1 Å². The Morgan fingerprint density at radius 3 is 2.56 bits per heavy atom. The van der Waals surface area contributed by atoms with Crippen LogP contribution in [-0.2, 0) is 16.6 Å². The first-order valence-corrected chi connectivity index (χ1v) is 9.43. The average Bonchev–Trinajstić information content (AvgIpc) is 2.98. The summed E-state index contributed by atoms with van der Waals surface area (Å²) >= 11 is 5.86. The number of sulfonamides is 1. The topological polar surface area (TPSA) is 76.9 Å². The first-order valence-electron chi connectivity index (χ1n) is 7.57. The van der Waals surface area contributed by atoms with Gasteiger partial charge in [-0.2, -0.15) is 4.98 Å². The van der Waals surface area contributed by atoms with Gasteiger partial charge in [-0.1, -0.05) is 35.9 Å². The van der Waals surface area contributed by atoms with Crippen molar-refractivity contribution >= 4 is 27.6 Å². The molecule has 0 radical (unpaired) electrons. The van der Waals surface area contributed by atoms with Crippen LogP contribution in [0, 0.1) is 13.8 Å². The minimum absolute atomic E-state index is 0.0369. The highest BCUT2D eigenvalue weighted by molar-refractivity contribution is 7.92. The number of hydrogen-bond donors (Lipinski definition) is 1. The molecule has 1 heterocycles. The Bertz CT molecular complexity index is 998. The minimum Gasteiger partial charge on any atom is -0.246 e. The van der Waals surface area contributed by atoms with Gasteiger partial charge in [0.1, 0.15) is 6.33 Å². The molecule has 0 aliphatic carbocycles. The van der Waals surface area contributed by atoms with Crippen molar-refractivity contribution in [3.05, 3.63) is 70.5 Å². The van der Waals surface area contributed by atoms with Gasteiger partial charge in [-0.05, 0) is 48.7 Å². The van der Waals surface area contributed by atoms with Gasteiger partial charge in [-0.15, -0.1) is 5.10 Å². The molecule has 0 saturated heterocycles. The lowest BCUT2D eigenvalue weighted by Crippen LogP contribution is -2.15. The molecule has 130 valence electrons. The molecular formula is C17H17ClN4O2S. The van der Waals surface area contributed by atoms with Crippen LogP contribution in [-0.4, -0.2) is 23.2 Å². The predicted molar refractivity (Wildman–Crippen MR) is 97.3 cm³/mol. The second-order valence-corrected chi connectivity index (χ2v) is 7.85. The van der Waals surface area contributed by atoms with Crippen molar-refractivity contribution in [2.24, 2.45) is 0 Å². The van der Waals surface area contributed by atoms with Crippen molar-refractivity contribution in [1.82, 2.24) is 14.8 Å². The molecule has 0 aliphatic heterocycles. The molecule has 0 unspecified atom stereocenters. The zero-order valence-electron chi connectivity index (χ0n) is 13.8. The third-order valence-corrected chi connectivity index (χ3v) is 5.38. The first-order chi connectivity index (χ1) is 11.8. The van der Waals surface area contributed by atoms with Gasteiger partial charge in [0, 0.05) is 5.02 Å². The third-order valence-electron chi connectivity index (χ3n) is 3.65. The molecule has 0 bridgehead atoms. The summed E-state index contributed by atoms with van der Waals surface area (Å²) in [6.45, 7) is 4.06. The standard InChI is InChI=1S/C17H17ClN4O2S/c1-12-3-4-13(2)16(9-12)25(23,24)21-17-19-11-22(20-17)10-14-5-7-15(18)8-6-14/h3-9,11H,10H2,1-2H3,(H,20,21). The SMILES string of the molecule is Cc1ccc(C)c(S(=O)(=O)Nc2ncn(Cc3ccc(Cl)cc3)n2)c1. The molecule has 6 nitrogen and oxygen atoms in total. The fourth-order valence-electron chi connectivity index (χ4n) is 2.37. The highest BCUT2D eigenvalue weighted by atomic mass is 35.5. The quantitative estimate of drug-likeness (QED) is 0.740. The van der Waals surface area contributed by atoms with Gasteiger partial charge in [-0.25, -0.2) is 17.8 Å². The monoisotopic (exact) mass is 376 g/mol. The van der Waals surface area contributed by atoms with E-state index in [4.69, 9.17) is 11.6 Å². The lowest BCUT2D eigenvalue weighted by Gasteiger charge is -2.08. The molecule has 0 fully saturated rings. The summed E-state index contributed by atoms with van der Waals surface area (Å²) in [5.74, 6) is 0.0369. The van der Waals surface area contributed by atoms with Crippen LogP contribution in [0.4, 0.5) is 5.95 Å². The van der Waals surface area contributed by atoms with Gasteiger partial charge < -0.3 is 0 Å². The van der Waals surface area contributed by atoms with Crippen LogP contribution in [0.3, 0.4) is 0 Å². The second kappa shape index (κ2) is 6.85. The zero-order valence-corrected chi connectivity index (χ0v) is 15.3. The molecule has 1 aromatic heterocycles. The maximum atomic E-state index is 12.6. The Morgan fingerprint density at radius 2 is 1.84 bits per heavy atom. The zero-order chi connectivity index (χ0) is 18.0. The van der Waals surface area contributed by atoms with E-state index in [0.29, 0.717) is 17.1 Å². The molecule has 1 N–H and O–H groups in total. The highest BCUT2D eigenvalue weighted by Crippen LogP contribution is 2.19. The predicted octanol–water partition coefficient (Wildman–Crippen LogP) is 3.40. The van der Waals surface area contributed by atoms with Crippen molar-refractivity contribution in [2.75, 3.05) is 4.72 Å². The summed E-state index contributed by atoms with van der Waals surface area (Å²) in [6.07, 6.45) is 1.48. The molecule has 2 aromatic carbocycles. The number of anilines is 1. The van der Waals surface area contributed by atoms with E-state index in [1.165, 1.54) is 6.33 Å². The average molecular weight is 377 g/mol. The van der Waals surface area contributed by atoms with E-state index in [-0.39, 0.29) is 10.8 Å². The molecule has 0 atom stereocenters. The fourth-order valence-corrected chi connectivity index (χ4v) is 3.77. The van der Waals surface area contributed by atoms with Crippen molar-refractivity contribution in [3.8, 4) is 0 Å². The fraction of sp³-hybridized carbons (Fsp3) is 0.176. The van der Waals surface area contributed by atoms with Gasteiger partial charge in [0.2, 0.25) is 0 Å².